The van der Waals surface area contributed by atoms with Crippen molar-refractivity contribution in [1.29, 1.82) is 0 Å². The molecule has 0 spiro atoms. The fourth-order valence-electron chi connectivity index (χ4n) is 3.43. The van der Waals surface area contributed by atoms with Crippen molar-refractivity contribution in [3.8, 4) is 5.75 Å². The zero-order valence-corrected chi connectivity index (χ0v) is 21.0. The zero-order valence-electron chi connectivity index (χ0n) is 18.6. The van der Waals surface area contributed by atoms with Gasteiger partial charge in [0.25, 0.3) is 5.91 Å². The third kappa shape index (κ3) is 5.85. The van der Waals surface area contributed by atoms with Crippen molar-refractivity contribution in [2.45, 2.75) is 27.0 Å². The van der Waals surface area contributed by atoms with E-state index < -0.39 is 0 Å². The molecule has 0 saturated carbocycles. The van der Waals surface area contributed by atoms with Gasteiger partial charge in [0.15, 0.2) is 5.82 Å². The number of rotatable bonds is 7. The van der Waals surface area contributed by atoms with Crippen LogP contribution in [0, 0.1) is 19.7 Å². The molecule has 0 bridgehead atoms. The highest BCUT2D eigenvalue weighted by Crippen LogP contribution is 2.26. The molecule has 0 fully saturated rings. The third-order valence-electron chi connectivity index (χ3n) is 5.24. The van der Waals surface area contributed by atoms with Crippen molar-refractivity contribution in [3.05, 3.63) is 110 Å². The van der Waals surface area contributed by atoms with Gasteiger partial charge in [0.05, 0.1) is 11.0 Å². The van der Waals surface area contributed by atoms with Crippen LogP contribution >= 0.6 is 27.5 Å². The molecule has 5 nitrogen and oxygen atoms in total. The summed E-state index contributed by atoms with van der Waals surface area (Å²) in [6.45, 7) is 4.72. The first kappa shape index (κ1) is 24.0. The van der Waals surface area contributed by atoms with Gasteiger partial charge >= 0.3 is 0 Å². The van der Waals surface area contributed by atoms with E-state index in [1.165, 1.54) is 12.1 Å². The summed E-state index contributed by atoms with van der Waals surface area (Å²) in [5.41, 5.74) is 4.27. The second-order valence-electron chi connectivity index (χ2n) is 7.96. The molecule has 0 aliphatic rings. The van der Waals surface area contributed by atoms with Crippen molar-refractivity contribution in [2.75, 3.05) is 5.32 Å². The second kappa shape index (κ2) is 10.4. The topological polar surface area (TPSA) is 56.1 Å². The number of carbonyl (C=O) groups is 1. The molecule has 1 heterocycles. The van der Waals surface area contributed by atoms with E-state index in [4.69, 9.17) is 16.3 Å². The van der Waals surface area contributed by atoms with Crippen LogP contribution in [0.4, 0.5) is 10.2 Å². The van der Waals surface area contributed by atoms with Crippen LogP contribution < -0.4 is 10.1 Å². The highest BCUT2D eigenvalue weighted by Gasteiger charge is 2.13. The fourth-order valence-corrected chi connectivity index (χ4v) is 3.95. The van der Waals surface area contributed by atoms with Crippen molar-refractivity contribution in [2.24, 2.45) is 0 Å². The summed E-state index contributed by atoms with van der Waals surface area (Å²) in [6.07, 6.45) is 1.76. The Hall–Kier alpha value is -3.16. The number of halogens is 3. The summed E-state index contributed by atoms with van der Waals surface area (Å²) in [5, 5.41) is 7.97. The maximum Gasteiger partial charge on any atom is 0.256 e. The first-order valence-electron chi connectivity index (χ1n) is 10.6. The highest BCUT2D eigenvalue weighted by atomic mass is 79.9. The minimum absolute atomic E-state index is 0.274. The van der Waals surface area contributed by atoms with Crippen LogP contribution in [0.15, 0.2) is 71.3 Å². The molecular formula is C26H22BrClFN3O2. The van der Waals surface area contributed by atoms with Gasteiger partial charge in [-0.1, -0.05) is 35.9 Å². The summed E-state index contributed by atoms with van der Waals surface area (Å²) >= 11 is 9.64. The molecule has 3 aromatic carbocycles. The van der Waals surface area contributed by atoms with Gasteiger partial charge in [-0.2, -0.15) is 5.10 Å². The van der Waals surface area contributed by atoms with Gasteiger partial charge < -0.3 is 10.1 Å². The van der Waals surface area contributed by atoms with E-state index in [9.17, 15) is 9.18 Å². The Labute approximate surface area is 210 Å². The number of nitrogens with one attached hydrogen (secondary N) is 1. The predicted octanol–water partition coefficient (Wildman–Crippen LogP) is 6.93. The third-order valence-corrected chi connectivity index (χ3v) is 6.41. The molecule has 4 rings (SSSR count). The highest BCUT2D eigenvalue weighted by molar-refractivity contribution is 9.10. The molecular weight excluding hydrogens is 521 g/mol. The number of ether oxygens (including phenoxy) is 1. The molecule has 0 saturated heterocycles. The number of aromatic nitrogens is 2. The quantitative estimate of drug-likeness (QED) is 0.275. The van der Waals surface area contributed by atoms with Crippen LogP contribution in [0.3, 0.4) is 0 Å². The van der Waals surface area contributed by atoms with E-state index in [2.05, 4.69) is 26.3 Å². The molecule has 1 aromatic heterocycles. The summed E-state index contributed by atoms with van der Waals surface area (Å²) in [4.78, 5) is 12.7. The molecule has 0 aliphatic carbocycles. The van der Waals surface area contributed by atoms with E-state index in [1.54, 1.807) is 35.1 Å². The SMILES string of the molecule is Cc1cc(OCc2ccc(C(=O)Nc3nn(Cc4ccc(F)cc4)cc3Br)cc2)cc(C)c1Cl. The summed E-state index contributed by atoms with van der Waals surface area (Å²) in [7, 11) is 0. The van der Waals surface area contributed by atoms with Crippen LogP contribution in [0.25, 0.3) is 0 Å². The Kier molecular flexibility index (Phi) is 7.34. The first-order chi connectivity index (χ1) is 16.3. The van der Waals surface area contributed by atoms with Crippen LogP contribution in [0.1, 0.15) is 32.6 Å². The van der Waals surface area contributed by atoms with Crippen molar-refractivity contribution in [1.82, 2.24) is 9.78 Å². The Morgan fingerprint density at radius 1 is 1.06 bits per heavy atom. The lowest BCUT2D eigenvalue weighted by Crippen LogP contribution is -2.13. The minimum atomic E-state index is -0.286. The van der Waals surface area contributed by atoms with Gasteiger partial charge in [-0.05, 0) is 88.4 Å². The van der Waals surface area contributed by atoms with E-state index in [1.807, 2.05) is 38.1 Å². The number of aryl methyl sites for hydroxylation is 2. The largest absolute Gasteiger partial charge is 0.489 e. The summed E-state index contributed by atoms with van der Waals surface area (Å²) in [6, 6.07) is 17.2. The van der Waals surface area contributed by atoms with Gasteiger partial charge in [0.1, 0.15) is 18.2 Å². The van der Waals surface area contributed by atoms with Crippen LogP contribution in [0.2, 0.25) is 5.02 Å². The number of benzene rings is 3. The fraction of sp³-hybridized carbons (Fsp3) is 0.154. The number of carbonyl (C=O) groups excluding carboxylic acids is 1. The molecule has 34 heavy (non-hydrogen) atoms. The summed E-state index contributed by atoms with van der Waals surface area (Å²) < 4.78 is 21.3. The maximum absolute atomic E-state index is 13.1. The van der Waals surface area contributed by atoms with Gasteiger partial charge in [-0.15, -0.1) is 0 Å². The van der Waals surface area contributed by atoms with Crippen LogP contribution in [0.5, 0.6) is 5.75 Å². The molecule has 0 unspecified atom stereocenters. The van der Waals surface area contributed by atoms with E-state index in [0.717, 1.165) is 33.0 Å². The monoisotopic (exact) mass is 541 g/mol. The van der Waals surface area contributed by atoms with Crippen molar-refractivity contribution >= 4 is 39.3 Å². The minimum Gasteiger partial charge on any atom is -0.489 e. The van der Waals surface area contributed by atoms with Crippen LogP contribution in [-0.4, -0.2) is 15.7 Å². The predicted molar refractivity (Wildman–Crippen MR) is 135 cm³/mol. The smallest absolute Gasteiger partial charge is 0.256 e. The Bertz CT molecular complexity index is 1300. The molecule has 174 valence electrons. The van der Waals surface area contributed by atoms with Crippen molar-refractivity contribution in [3.63, 3.8) is 0 Å². The lowest BCUT2D eigenvalue weighted by molar-refractivity contribution is 0.102. The number of hydrogen-bond acceptors (Lipinski definition) is 3. The molecule has 0 radical (unpaired) electrons. The average Bonchev–Trinajstić information content (AvgIpc) is 3.16. The van der Waals surface area contributed by atoms with Crippen LogP contribution in [-0.2, 0) is 13.2 Å². The van der Waals surface area contributed by atoms with Crippen molar-refractivity contribution < 1.29 is 13.9 Å². The molecule has 0 aliphatic heterocycles. The maximum atomic E-state index is 13.1. The van der Waals surface area contributed by atoms with Gasteiger partial charge in [0, 0.05) is 16.8 Å². The Morgan fingerprint density at radius 2 is 1.68 bits per heavy atom. The molecule has 1 amide bonds. The number of amides is 1. The Balaban J connectivity index is 1.36. The normalized spacial score (nSPS) is 10.9. The molecule has 0 atom stereocenters. The summed E-state index contributed by atoms with van der Waals surface area (Å²) in [5.74, 6) is 0.602. The van der Waals surface area contributed by atoms with Gasteiger partial charge in [-0.3, -0.25) is 9.48 Å². The molecule has 4 aromatic rings. The molecule has 8 heteroatoms. The van der Waals surface area contributed by atoms with Gasteiger partial charge in [0.2, 0.25) is 0 Å². The number of hydrogen-bond donors (Lipinski definition) is 1. The molecule has 1 N–H and O–H groups in total. The lowest BCUT2D eigenvalue weighted by atomic mass is 10.1. The average molecular weight is 543 g/mol. The lowest BCUT2D eigenvalue weighted by Gasteiger charge is -2.10. The van der Waals surface area contributed by atoms with E-state index in [-0.39, 0.29) is 11.7 Å². The first-order valence-corrected chi connectivity index (χ1v) is 11.7. The van der Waals surface area contributed by atoms with E-state index >= 15 is 0 Å². The second-order valence-corrected chi connectivity index (χ2v) is 9.19. The number of anilines is 1. The zero-order chi connectivity index (χ0) is 24.2. The Morgan fingerprint density at radius 3 is 2.32 bits per heavy atom. The van der Waals surface area contributed by atoms with Gasteiger partial charge in [-0.25, -0.2) is 4.39 Å². The van der Waals surface area contributed by atoms with E-state index in [0.29, 0.717) is 29.0 Å². The number of nitrogens with zero attached hydrogens (tertiary/aromatic N) is 2. The standard InChI is InChI=1S/C26H22BrClFN3O2/c1-16-11-22(12-17(2)24(16)28)34-15-19-3-7-20(8-4-19)26(33)30-25-23(27)14-32(31-25)13-18-5-9-21(29)10-6-18/h3-12,14H,13,15H2,1-2H3,(H,30,31,33).